The van der Waals surface area contributed by atoms with Gasteiger partial charge < -0.3 is 5.32 Å². The lowest BCUT2D eigenvalue weighted by Gasteiger charge is -2.36. The van der Waals surface area contributed by atoms with Crippen LogP contribution in [0.5, 0.6) is 0 Å². The minimum atomic E-state index is 0.799. The van der Waals surface area contributed by atoms with Crippen molar-refractivity contribution in [3.8, 4) is 0 Å². The minimum Gasteiger partial charge on any atom is -0.311 e. The van der Waals surface area contributed by atoms with Crippen molar-refractivity contribution in [3.05, 3.63) is 0 Å². The zero-order valence-corrected chi connectivity index (χ0v) is 9.34. The molecule has 1 N–H and O–H groups in total. The highest BCUT2D eigenvalue weighted by molar-refractivity contribution is 4.99. The zero-order chi connectivity index (χ0) is 9.54. The second kappa shape index (κ2) is 3.52. The maximum absolute atomic E-state index is 3.91. The van der Waals surface area contributed by atoms with Crippen LogP contribution in [0.25, 0.3) is 0 Å². The Morgan fingerprint density at radius 2 is 1.86 bits per heavy atom. The summed E-state index contributed by atoms with van der Waals surface area (Å²) in [5, 5.41) is 3.91. The fourth-order valence-electron chi connectivity index (χ4n) is 3.53. The Morgan fingerprint density at radius 1 is 1.07 bits per heavy atom. The van der Waals surface area contributed by atoms with Gasteiger partial charge in [-0.3, -0.25) is 0 Å². The molecule has 0 aromatic carbocycles. The van der Waals surface area contributed by atoms with Gasteiger partial charge in [-0.25, -0.2) is 0 Å². The predicted octanol–water partition coefficient (Wildman–Crippen LogP) is 2.95. The van der Waals surface area contributed by atoms with Gasteiger partial charge in [0.15, 0.2) is 0 Å². The largest absolute Gasteiger partial charge is 0.311 e. The molecule has 1 heteroatoms. The number of fused-ring (bicyclic) bond motifs is 1. The lowest BCUT2D eigenvalue weighted by atomic mass is 9.79. The zero-order valence-electron chi connectivity index (χ0n) is 9.34. The molecule has 0 heterocycles. The third kappa shape index (κ3) is 1.60. The Labute approximate surface area is 87.7 Å². The molecule has 0 amide bonds. The fourth-order valence-corrected chi connectivity index (χ4v) is 3.53. The van der Waals surface area contributed by atoms with Gasteiger partial charge in [0, 0.05) is 12.1 Å². The third-order valence-corrected chi connectivity index (χ3v) is 4.92. The molecular weight excluding hydrogens is 170 g/mol. The Morgan fingerprint density at radius 3 is 2.57 bits per heavy atom. The van der Waals surface area contributed by atoms with Crippen molar-refractivity contribution in [2.45, 2.75) is 64.0 Å². The first kappa shape index (κ1) is 9.21. The molecule has 0 spiro atoms. The summed E-state index contributed by atoms with van der Waals surface area (Å²) in [6.45, 7) is 2.41. The highest BCUT2D eigenvalue weighted by Gasteiger charge is 2.45. The number of hydrogen-bond donors (Lipinski definition) is 1. The Balaban J connectivity index is 1.50. The van der Waals surface area contributed by atoms with E-state index in [1.807, 2.05) is 0 Å². The molecule has 0 radical (unpaired) electrons. The molecule has 0 aliphatic heterocycles. The van der Waals surface area contributed by atoms with Gasteiger partial charge in [-0.2, -0.15) is 0 Å². The van der Waals surface area contributed by atoms with Crippen LogP contribution in [0.2, 0.25) is 0 Å². The highest BCUT2D eigenvalue weighted by Crippen LogP contribution is 2.49. The van der Waals surface area contributed by atoms with E-state index >= 15 is 0 Å². The average Bonchev–Trinajstić information content (AvgIpc) is 2.79. The number of nitrogens with one attached hydrogen (secondary N) is 1. The maximum atomic E-state index is 3.91. The maximum Gasteiger partial charge on any atom is 0.0101 e. The SMILES string of the molecule is CC(NC1CCCC2CC21)C1CCC1. The molecule has 80 valence electrons. The molecule has 0 bridgehead atoms. The summed E-state index contributed by atoms with van der Waals surface area (Å²) in [5.74, 6) is 3.20. The van der Waals surface area contributed by atoms with Gasteiger partial charge in [-0.15, -0.1) is 0 Å². The lowest BCUT2D eigenvalue weighted by Crippen LogP contribution is -2.45. The van der Waals surface area contributed by atoms with Gasteiger partial charge in [0.2, 0.25) is 0 Å². The van der Waals surface area contributed by atoms with E-state index in [9.17, 15) is 0 Å². The minimum absolute atomic E-state index is 0.799. The molecule has 4 atom stereocenters. The first-order valence-corrected chi connectivity index (χ1v) is 6.60. The van der Waals surface area contributed by atoms with Crippen LogP contribution in [0.3, 0.4) is 0 Å². The quantitative estimate of drug-likeness (QED) is 0.726. The summed E-state index contributed by atoms with van der Waals surface area (Å²) >= 11 is 0. The molecule has 1 nitrogen and oxygen atoms in total. The van der Waals surface area contributed by atoms with Gasteiger partial charge in [-0.1, -0.05) is 19.3 Å². The van der Waals surface area contributed by atoms with Gasteiger partial charge in [-0.05, 0) is 50.4 Å². The van der Waals surface area contributed by atoms with Crippen LogP contribution in [0, 0.1) is 17.8 Å². The van der Waals surface area contributed by atoms with Crippen molar-refractivity contribution >= 4 is 0 Å². The van der Waals surface area contributed by atoms with Crippen LogP contribution in [0.4, 0.5) is 0 Å². The van der Waals surface area contributed by atoms with E-state index in [4.69, 9.17) is 0 Å². The summed E-state index contributed by atoms with van der Waals surface area (Å²) in [6.07, 6.45) is 10.4. The molecule has 14 heavy (non-hydrogen) atoms. The summed E-state index contributed by atoms with van der Waals surface area (Å²) < 4.78 is 0. The van der Waals surface area contributed by atoms with E-state index in [-0.39, 0.29) is 0 Å². The predicted molar refractivity (Wildman–Crippen MR) is 59.2 cm³/mol. The molecule has 4 unspecified atom stereocenters. The molecule has 0 aromatic heterocycles. The molecule has 3 rings (SSSR count). The van der Waals surface area contributed by atoms with E-state index in [1.165, 1.54) is 44.9 Å². The Bertz CT molecular complexity index is 209. The summed E-state index contributed by atoms with van der Waals surface area (Å²) in [4.78, 5) is 0. The van der Waals surface area contributed by atoms with Crippen LogP contribution in [0.1, 0.15) is 51.9 Å². The topological polar surface area (TPSA) is 12.0 Å². The van der Waals surface area contributed by atoms with E-state index < -0.39 is 0 Å². The molecule has 3 aliphatic carbocycles. The molecule has 0 aromatic rings. The second-order valence-electron chi connectivity index (χ2n) is 5.84. The van der Waals surface area contributed by atoms with E-state index in [0.717, 1.165) is 29.8 Å². The van der Waals surface area contributed by atoms with Crippen molar-refractivity contribution in [1.82, 2.24) is 5.32 Å². The lowest BCUT2D eigenvalue weighted by molar-refractivity contribution is 0.207. The van der Waals surface area contributed by atoms with E-state index in [0.29, 0.717) is 0 Å². The van der Waals surface area contributed by atoms with Gasteiger partial charge in [0.25, 0.3) is 0 Å². The normalized spacial score (nSPS) is 43.9. The first-order chi connectivity index (χ1) is 6.84. The average molecular weight is 193 g/mol. The van der Waals surface area contributed by atoms with Crippen LogP contribution >= 0.6 is 0 Å². The molecule has 3 saturated carbocycles. The Kier molecular flexibility index (Phi) is 2.31. The van der Waals surface area contributed by atoms with Crippen LogP contribution < -0.4 is 5.32 Å². The standard InChI is InChI=1S/C13H23N/c1-9(10-4-2-5-10)14-13-7-3-6-11-8-12(11)13/h9-14H,2-8H2,1H3. The van der Waals surface area contributed by atoms with Crippen LogP contribution in [-0.4, -0.2) is 12.1 Å². The first-order valence-electron chi connectivity index (χ1n) is 6.60. The Hall–Kier alpha value is -0.0400. The second-order valence-corrected chi connectivity index (χ2v) is 5.84. The van der Waals surface area contributed by atoms with Crippen molar-refractivity contribution in [2.75, 3.05) is 0 Å². The van der Waals surface area contributed by atoms with Gasteiger partial charge >= 0.3 is 0 Å². The highest BCUT2D eigenvalue weighted by atomic mass is 15.0. The molecular formula is C13H23N. The van der Waals surface area contributed by atoms with Crippen molar-refractivity contribution in [2.24, 2.45) is 17.8 Å². The van der Waals surface area contributed by atoms with Crippen molar-refractivity contribution in [3.63, 3.8) is 0 Å². The summed E-state index contributed by atoms with van der Waals surface area (Å²) in [7, 11) is 0. The summed E-state index contributed by atoms with van der Waals surface area (Å²) in [5.41, 5.74) is 0. The van der Waals surface area contributed by atoms with Crippen molar-refractivity contribution in [1.29, 1.82) is 0 Å². The van der Waals surface area contributed by atoms with Gasteiger partial charge in [0.1, 0.15) is 0 Å². The van der Waals surface area contributed by atoms with Crippen LogP contribution in [-0.2, 0) is 0 Å². The van der Waals surface area contributed by atoms with Crippen molar-refractivity contribution < 1.29 is 0 Å². The molecule has 3 fully saturated rings. The molecule has 3 aliphatic rings. The third-order valence-electron chi connectivity index (χ3n) is 4.92. The van der Waals surface area contributed by atoms with E-state index in [1.54, 1.807) is 0 Å². The number of hydrogen-bond acceptors (Lipinski definition) is 1. The van der Waals surface area contributed by atoms with Crippen LogP contribution in [0.15, 0.2) is 0 Å². The smallest absolute Gasteiger partial charge is 0.0101 e. The summed E-state index contributed by atoms with van der Waals surface area (Å²) in [6, 6.07) is 1.69. The fraction of sp³-hybridized carbons (Fsp3) is 1.00. The number of rotatable bonds is 3. The monoisotopic (exact) mass is 193 g/mol. The van der Waals surface area contributed by atoms with E-state index in [2.05, 4.69) is 12.2 Å². The van der Waals surface area contributed by atoms with Gasteiger partial charge in [0.05, 0.1) is 0 Å². The molecule has 0 saturated heterocycles.